The first-order chi connectivity index (χ1) is 15.2. The van der Waals surface area contributed by atoms with Crippen LogP contribution in [0.2, 0.25) is 0 Å². The van der Waals surface area contributed by atoms with Gasteiger partial charge in [0.05, 0.1) is 18.6 Å². The van der Waals surface area contributed by atoms with E-state index >= 15 is 0 Å². The summed E-state index contributed by atoms with van der Waals surface area (Å²) in [5.41, 5.74) is 0. The molecule has 6 nitrogen and oxygen atoms in total. The van der Waals surface area contributed by atoms with Crippen LogP contribution in [0.3, 0.4) is 0 Å². The monoisotopic (exact) mass is 436 g/mol. The van der Waals surface area contributed by atoms with Crippen molar-refractivity contribution in [1.82, 2.24) is 0 Å². The summed E-state index contributed by atoms with van der Waals surface area (Å²) in [6.07, 6.45) is 16.5. The third kappa shape index (κ3) is 6.53. The minimum Gasteiger partial charge on any atom is -0.462 e. The van der Waals surface area contributed by atoms with E-state index in [0.717, 1.165) is 64.6 Å². The maximum Gasteiger partial charge on any atom is 0.306 e. The van der Waals surface area contributed by atoms with Crippen molar-refractivity contribution in [1.29, 1.82) is 0 Å². The molecule has 4 fully saturated rings. The van der Waals surface area contributed by atoms with Crippen LogP contribution in [-0.2, 0) is 28.5 Å². The molecule has 0 spiro atoms. The van der Waals surface area contributed by atoms with Crippen LogP contribution in [0.5, 0.6) is 0 Å². The molecule has 3 aliphatic heterocycles. The fraction of sp³-hybridized carbons (Fsp3) is 0.880. The second-order valence-corrected chi connectivity index (χ2v) is 9.54. The lowest BCUT2D eigenvalue weighted by Gasteiger charge is -2.30. The van der Waals surface area contributed by atoms with Gasteiger partial charge in [0.25, 0.3) is 0 Å². The molecule has 1 aliphatic carbocycles. The number of unbranched alkanes of at least 4 members (excludes halogenated alkanes) is 2. The van der Waals surface area contributed by atoms with E-state index in [1.807, 2.05) is 0 Å². The van der Waals surface area contributed by atoms with Crippen LogP contribution < -0.4 is 0 Å². The molecule has 3 saturated heterocycles. The Labute approximate surface area is 187 Å². The highest BCUT2D eigenvalue weighted by Crippen LogP contribution is 2.44. The molecule has 7 atom stereocenters. The van der Waals surface area contributed by atoms with E-state index < -0.39 is 0 Å². The minimum absolute atomic E-state index is 0.0296. The van der Waals surface area contributed by atoms with Gasteiger partial charge < -0.3 is 23.7 Å². The zero-order valence-electron chi connectivity index (χ0n) is 19.0. The van der Waals surface area contributed by atoms with Gasteiger partial charge in [-0.25, -0.2) is 0 Å². The number of rotatable bonds is 10. The quantitative estimate of drug-likeness (QED) is 0.276. The summed E-state index contributed by atoms with van der Waals surface area (Å²) in [5.74, 6) is 0.262. The Hall–Kier alpha value is -0.950. The Morgan fingerprint density at radius 3 is 2.55 bits per heavy atom. The molecule has 0 aromatic rings. The van der Waals surface area contributed by atoms with Crippen molar-refractivity contribution in [2.45, 2.75) is 115 Å². The van der Waals surface area contributed by atoms with Gasteiger partial charge in [-0.1, -0.05) is 38.3 Å². The second kappa shape index (κ2) is 11.8. The van der Waals surface area contributed by atoms with Gasteiger partial charge in [0.2, 0.25) is 0 Å². The average molecular weight is 437 g/mol. The van der Waals surface area contributed by atoms with Crippen LogP contribution in [0.1, 0.15) is 84.0 Å². The van der Waals surface area contributed by atoms with Gasteiger partial charge in [-0.3, -0.25) is 4.79 Å². The third-order valence-corrected chi connectivity index (χ3v) is 7.09. The summed E-state index contributed by atoms with van der Waals surface area (Å²) in [4.78, 5) is 11.9. The second-order valence-electron chi connectivity index (χ2n) is 9.54. The number of hydrogen-bond donors (Lipinski definition) is 0. The average Bonchev–Trinajstić information content (AvgIpc) is 3.30. The van der Waals surface area contributed by atoms with Crippen LogP contribution in [0.4, 0.5) is 0 Å². The maximum absolute atomic E-state index is 11.9. The summed E-state index contributed by atoms with van der Waals surface area (Å²) in [6, 6.07) is 0. The Morgan fingerprint density at radius 2 is 1.84 bits per heavy atom. The lowest BCUT2D eigenvalue weighted by molar-refractivity contribution is -0.200. The van der Waals surface area contributed by atoms with Crippen LogP contribution in [0, 0.1) is 11.8 Å². The maximum atomic E-state index is 11.9. The van der Waals surface area contributed by atoms with E-state index in [1.165, 1.54) is 19.3 Å². The van der Waals surface area contributed by atoms with E-state index in [9.17, 15) is 4.79 Å². The molecule has 0 amide bonds. The van der Waals surface area contributed by atoms with E-state index in [0.29, 0.717) is 6.42 Å². The fourth-order valence-electron chi connectivity index (χ4n) is 5.37. The molecule has 0 aromatic carbocycles. The Morgan fingerprint density at radius 1 is 1.06 bits per heavy atom. The molecule has 0 N–H and O–H groups in total. The zero-order chi connectivity index (χ0) is 21.5. The topological polar surface area (TPSA) is 63.2 Å². The largest absolute Gasteiger partial charge is 0.462 e. The number of hydrogen-bond acceptors (Lipinski definition) is 6. The molecular weight excluding hydrogens is 396 g/mol. The van der Waals surface area contributed by atoms with Crippen molar-refractivity contribution >= 4 is 5.97 Å². The molecule has 4 aliphatic rings. The van der Waals surface area contributed by atoms with Gasteiger partial charge in [0.15, 0.2) is 12.6 Å². The van der Waals surface area contributed by atoms with Crippen molar-refractivity contribution in [2.75, 3.05) is 13.2 Å². The molecule has 3 heterocycles. The Bertz CT molecular complexity index is 581. The highest BCUT2D eigenvalue weighted by atomic mass is 16.7. The van der Waals surface area contributed by atoms with Crippen molar-refractivity contribution in [3.63, 3.8) is 0 Å². The molecule has 1 saturated carbocycles. The summed E-state index contributed by atoms with van der Waals surface area (Å²) >= 11 is 0. The lowest BCUT2D eigenvalue weighted by atomic mass is 9.97. The van der Waals surface area contributed by atoms with Gasteiger partial charge in [-0.15, -0.1) is 0 Å². The molecule has 0 bridgehead atoms. The first-order valence-electron chi connectivity index (χ1n) is 12.6. The number of fused-ring (bicyclic) bond motifs is 1. The molecular formula is C25H40O6. The van der Waals surface area contributed by atoms with Crippen LogP contribution >= 0.6 is 0 Å². The van der Waals surface area contributed by atoms with Crippen molar-refractivity contribution in [3.05, 3.63) is 12.2 Å². The predicted molar refractivity (Wildman–Crippen MR) is 116 cm³/mol. The third-order valence-electron chi connectivity index (χ3n) is 7.09. The first kappa shape index (κ1) is 23.2. The van der Waals surface area contributed by atoms with Crippen molar-refractivity contribution in [2.24, 2.45) is 11.8 Å². The zero-order valence-corrected chi connectivity index (χ0v) is 19.0. The highest BCUT2D eigenvalue weighted by Gasteiger charge is 2.50. The van der Waals surface area contributed by atoms with Gasteiger partial charge in [0.1, 0.15) is 6.10 Å². The van der Waals surface area contributed by atoms with Gasteiger partial charge >= 0.3 is 5.97 Å². The van der Waals surface area contributed by atoms with Crippen LogP contribution in [0.15, 0.2) is 12.2 Å². The summed E-state index contributed by atoms with van der Waals surface area (Å²) in [7, 11) is 0. The fourth-order valence-corrected chi connectivity index (χ4v) is 5.37. The van der Waals surface area contributed by atoms with Crippen molar-refractivity contribution < 1.29 is 28.5 Å². The first-order valence-corrected chi connectivity index (χ1v) is 12.6. The van der Waals surface area contributed by atoms with Gasteiger partial charge in [-0.05, 0) is 51.4 Å². The number of ether oxygens (including phenoxy) is 5. The van der Waals surface area contributed by atoms with E-state index in [2.05, 4.69) is 19.1 Å². The number of carbonyl (C=O) groups excluding carboxylic acids is 1. The lowest BCUT2D eigenvalue weighted by Crippen LogP contribution is -2.34. The van der Waals surface area contributed by atoms with Crippen LogP contribution in [-0.4, -0.2) is 50.1 Å². The Kier molecular flexibility index (Phi) is 8.82. The molecule has 0 radical (unpaired) electrons. The molecule has 2 unspecified atom stereocenters. The summed E-state index contributed by atoms with van der Waals surface area (Å²) < 4.78 is 30.0. The Balaban J connectivity index is 1.40. The smallest absolute Gasteiger partial charge is 0.306 e. The van der Waals surface area contributed by atoms with Gasteiger partial charge in [-0.2, -0.15) is 0 Å². The van der Waals surface area contributed by atoms with E-state index in [4.69, 9.17) is 23.7 Å². The minimum atomic E-state index is -0.156. The number of carbonyl (C=O) groups is 1. The predicted octanol–water partition coefficient (Wildman–Crippen LogP) is 4.90. The highest BCUT2D eigenvalue weighted by molar-refractivity contribution is 5.72. The van der Waals surface area contributed by atoms with Crippen molar-refractivity contribution in [3.8, 4) is 0 Å². The standard InChI is InChI=1S/C25H40O6/c1-2-3-4-9-19(29-23-10-5-7-14-27-23)13-12-18-16-21-20(17-22(26)30-21)25(18)31-24-11-6-8-15-28-24/h12-13,18-21,23-25H,2-11,14-17H2,1H3/t18-,19-,20+,21-,23?,24?,25+/m0/s1. The molecule has 0 aromatic heterocycles. The van der Waals surface area contributed by atoms with Gasteiger partial charge in [0, 0.05) is 25.0 Å². The molecule has 31 heavy (non-hydrogen) atoms. The van der Waals surface area contributed by atoms with Crippen LogP contribution in [0.25, 0.3) is 0 Å². The molecule has 6 heteroatoms. The van der Waals surface area contributed by atoms with E-state index in [1.54, 1.807) is 0 Å². The normalized spacial score (nSPS) is 37.1. The summed E-state index contributed by atoms with van der Waals surface area (Å²) in [5, 5.41) is 0. The summed E-state index contributed by atoms with van der Waals surface area (Å²) in [6.45, 7) is 3.78. The SMILES string of the molecule is CCCCC[C@@H](C=C[C@H]1C[C@@H]2OC(=O)C[C@H]2[C@@H]1OC1CCCCO1)OC1CCCCO1. The molecule has 4 rings (SSSR count). The van der Waals surface area contributed by atoms with E-state index in [-0.39, 0.29) is 48.7 Å². The number of esters is 1. The molecule has 176 valence electrons.